The van der Waals surface area contributed by atoms with Gasteiger partial charge in [0.05, 0.1) is 23.3 Å². The van der Waals surface area contributed by atoms with E-state index in [2.05, 4.69) is 5.32 Å². The van der Waals surface area contributed by atoms with E-state index >= 15 is 0 Å². The van der Waals surface area contributed by atoms with Crippen LogP contribution < -0.4 is 14.8 Å². The van der Waals surface area contributed by atoms with Gasteiger partial charge in [-0.15, -0.1) is 0 Å². The van der Waals surface area contributed by atoms with Crippen molar-refractivity contribution >= 4 is 40.6 Å². The Kier molecular flexibility index (Phi) is 8.24. The fraction of sp³-hybridized carbons (Fsp3) is 0.148. The molecule has 7 nitrogen and oxygen atoms in total. The fourth-order valence-corrected chi connectivity index (χ4v) is 4.42. The van der Waals surface area contributed by atoms with Gasteiger partial charge in [0.1, 0.15) is 30.5 Å². The normalized spacial score (nSPS) is 14.6. The number of imide groups is 1. The molecule has 12 heteroatoms. The van der Waals surface area contributed by atoms with Gasteiger partial charge in [-0.2, -0.15) is 13.2 Å². The van der Waals surface area contributed by atoms with Crippen molar-refractivity contribution in [3.8, 4) is 11.5 Å². The van der Waals surface area contributed by atoms with Crippen LogP contribution >= 0.6 is 11.8 Å². The van der Waals surface area contributed by atoms with Crippen LogP contribution in [0.15, 0.2) is 71.6 Å². The maximum Gasteiger partial charge on any atom is 0.416 e. The molecule has 1 heterocycles. The Morgan fingerprint density at radius 3 is 2.46 bits per heavy atom. The molecule has 1 aliphatic heterocycles. The number of hydrogen-bond acceptors (Lipinski definition) is 6. The third-order valence-corrected chi connectivity index (χ3v) is 6.43. The largest absolute Gasteiger partial charge is 0.495 e. The van der Waals surface area contributed by atoms with Crippen molar-refractivity contribution in [2.75, 3.05) is 19.0 Å². The molecule has 3 amide bonds. The quantitative estimate of drug-likeness (QED) is 0.265. The molecule has 1 saturated heterocycles. The molecule has 0 aliphatic carbocycles. The number of para-hydroxylation sites is 1. The Bertz CT molecular complexity index is 1460. The van der Waals surface area contributed by atoms with E-state index < -0.39 is 41.2 Å². The number of thioether (sulfide) groups is 1. The predicted molar refractivity (Wildman–Crippen MR) is 136 cm³/mol. The van der Waals surface area contributed by atoms with Crippen LogP contribution in [0, 0.1) is 5.82 Å². The molecule has 0 atom stereocenters. The van der Waals surface area contributed by atoms with Gasteiger partial charge in [-0.3, -0.25) is 19.3 Å². The zero-order valence-electron chi connectivity index (χ0n) is 20.3. The second kappa shape index (κ2) is 11.6. The minimum absolute atomic E-state index is 0.00592. The number of carbonyl (C=O) groups is 3. The Morgan fingerprint density at radius 2 is 1.74 bits per heavy atom. The van der Waals surface area contributed by atoms with Crippen molar-refractivity contribution < 1.29 is 41.4 Å². The number of ether oxygens (including phenoxy) is 2. The fourth-order valence-electron chi connectivity index (χ4n) is 3.60. The van der Waals surface area contributed by atoms with Gasteiger partial charge in [0.15, 0.2) is 0 Å². The van der Waals surface area contributed by atoms with E-state index in [1.54, 1.807) is 42.5 Å². The summed E-state index contributed by atoms with van der Waals surface area (Å²) in [4.78, 5) is 38.7. The number of hydrogen-bond donors (Lipinski definition) is 1. The first-order valence-corrected chi connectivity index (χ1v) is 12.1. The highest BCUT2D eigenvalue weighted by molar-refractivity contribution is 8.18. The standard InChI is InChI=1S/C27H20F4N2O5S/c1-37-22-11-10-18(27(29,30)31)13-20(22)32-24(34)14-33-25(35)23(39-26(33)36)12-16-6-3-5-9-21(16)38-15-17-7-2-4-8-19(17)28/h2-13H,14-15H2,1H3,(H,32,34)/b23-12-. The van der Waals surface area contributed by atoms with E-state index in [0.717, 1.165) is 12.1 Å². The molecular formula is C27H20F4N2O5S. The Morgan fingerprint density at radius 1 is 1.03 bits per heavy atom. The zero-order valence-corrected chi connectivity index (χ0v) is 21.1. The molecule has 0 unspecified atom stereocenters. The van der Waals surface area contributed by atoms with Gasteiger partial charge in [0, 0.05) is 11.1 Å². The number of halogens is 4. The van der Waals surface area contributed by atoms with Crippen molar-refractivity contribution in [1.29, 1.82) is 0 Å². The predicted octanol–water partition coefficient (Wildman–Crippen LogP) is 6.11. The molecule has 39 heavy (non-hydrogen) atoms. The third-order valence-electron chi connectivity index (χ3n) is 5.52. The third kappa shape index (κ3) is 6.58. The molecule has 0 aromatic heterocycles. The van der Waals surface area contributed by atoms with Crippen molar-refractivity contribution in [3.63, 3.8) is 0 Å². The van der Waals surface area contributed by atoms with Gasteiger partial charge >= 0.3 is 6.18 Å². The Labute approximate surface area is 224 Å². The van der Waals surface area contributed by atoms with Crippen molar-refractivity contribution in [2.45, 2.75) is 12.8 Å². The van der Waals surface area contributed by atoms with Crippen molar-refractivity contribution in [2.24, 2.45) is 0 Å². The molecule has 0 saturated carbocycles. The van der Waals surface area contributed by atoms with Gasteiger partial charge in [-0.25, -0.2) is 4.39 Å². The minimum atomic E-state index is -4.65. The molecule has 0 spiro atoms. The van der Waals surface area contributed by atoms with E-state index in [1.807, 2.05) is 0 Å². The van der Waals surface area contributed by atoms with Gasteiger partial charge in [-0.05, 0) is 48.2 Å². The summed E-state index contributed by atoms with van der Waals surface area (Å²) in [6, 6.07) is 15.3. The van der Waals surface area contributed by atoms with Crippen molar-refractivity contribution in [1.82, 2.24) is 4.90 Å². The maximum absolute atomic E-state index is 13.9. The molecule has 1 fully saturated rings. The summed E-state index contributed by atoms with van der Waals surface area (Å²) in [5.41, 5.74) is -0.502. The first-order chi connectivity index (χ1) is 18.6. The highest BCUT2D eigenvalue weighted by Crippen LogP contribution is 2.36. The summed E-state index contributed by atoms with van der Waals surface area (Å²) >= 11 is 0.594. The van der Waals surface area contributed by atoms with E-state index in [9.17, 15) is 31.9 Å². The molecule has 202 valence electrons. The smallest absolute Gasteiger partial charge is 0.416 e. The van der Waals surface area contributed by atoms with Crippen LogP contribution in [0.5, 0.6) is 11.5 Å². The summed E-state index contributed by atoms with van der Waals surface area (Å²) in [7, 11) is 1.22. The second-order valence-electron chi connectivity index (χ2n) is 8.15. The van der Waals surface area contributed by atoms with Crippen LogP contribution in [0.4, 0.5) is 28.0 Å². The van der Waals surface area contributed by atoms with Crippen LogP contribution in [-0.4, -0.2) is 35.6 Å². The van der Waals surface area contributed by atoms with Crippen LogP contribution in [-0.2, 0) is 22.4 Å². The molecule has 4 rings (SSSR count). The molecule has 0 bridgehead atoms. The van der Waals surface area contributed by atoms with Crippen LogP contribution in [0.1, 0.15) is 16.7 Å². The average molecular weight is 561 g/mol. The number of rotatable bonds is 8. The molecule has 3 aromatic rings. The summed E-state index contributed by atoms with van der Waals surface area (Å²) in [6.45, 7) is -0.801. The van der Waals surface area contributed by atoms with E-state index in [4.69, 9.17) is 9.47 Å². The second-order valence-corrected chi connectivity index (χ2v) is 9.14. The lowest BCUT2D eigenvalue weighted by atomic mass is 10.1. The number of nitrogens with zero attached hydrogens (tertiary/aromatic N) is 1. The summed E-state index contributed by atoms with van der Waals surface area (Å²) < 4.78 is 63.9. The molecule has 1 N–H and O–H groups in total. The first-order valence-electron chi connectivity index (χ1n) is 11.3. The number of methoxy groups -OCH3 is 1. The summed E-state index contributed by atoms with van der Waals surface area (Å²) in [5, 5.41) is 1.53. The molecule has 0 radical (unpaired) electrons. The van der Waals surface area contributed by atoms with Gasteiger partial charge in [0.2, 0.25) is 5.91 Å². The number of benzene rings is 3. The molecular weight excluding hydrogens is 540 g/mol. The van der Waals surface area contributed by atoms with E-state index in [0.29, 0.717) is 39.6 Å². The number of nitrogens with one attached hydrogen (secondary N) is 1. The van der Waals surface area contributed by atoms with E-state index in [1.165, 1.54) is 19.3 Å². The number of alkyl halides is 3. The summed E-state index contributed by atoms with van der Waals surface area (Å²) in [5.74, 6) is -1.79. The highest BCUT2D eigenvalue weighted by Gasteiger charge is 2.37. The van der Waals surface area contributed by atoms with E-state index in [-0.39, 0.29) is 22.9 Å². The average Bonchev–Trinajstić information content (AvgIpc) is 3.15. The topological polar surface area (TPSA) is 84.9 Å². The van der Waals surface area contributed by atoms with Gasteiger partial charge in [-0.1, -0.05) is 36.4 Å². The number of anilines is 1. The molecule has 1 aliphatic rings. The highest BCUT2D eigenvalue weighted by atomic mass is 32.2. The van der Waals surface area contributed by atoms with Gasteiger partial charge < -0.3 is 14.8 Å². The lowest BCUT2D eigenvalue weighted by Crippen LogP contribution is -2.36. The Hall–Kier alpha value is -4.32. The SMILES string of the molecule is COc1ccc(C(F)(F)F)cc1NC(=O)CN1C(=O)S/C(=C\c2ccccc2OCc2ccccc2F)C1=O. The van der Waals surface area contributed by atoms with Crippen LogP contribution in [0.25, 0.3) is 6.08 Å². The number of amides is 3. The lowest BCUT2D eigenvalue weighted by molar-refractivity contribution is -0.137. The minimum Gasteiger partial charge on any atom is -0.495 e. The zero-order chi connectivity index (χ0) is 28.2. The maximum atomic E-state index is 13.9. The van der Waals surface area contributed by atoms with Crippen molar-refractivity contribution in [3.05, 3.63) is 94.1 Å². The van der Waals surface area contributed by atoms with Crippen LogP contribution in [0.3, 0.4) is 0 Å². The molecule has 3 aromatic carbocycles. The lowest BCUT2D eigenvalue weighted by Gasteiger charge is -2.16. The first kappa shape index (κ1) is 27.7. The van der Waals surface area contributed by atoms with Gasteiger partial charge in [0.25, 0.3) is 11.1 Å². The monoisotopic (exact) mass is 560 g/mol. The van der Waals surface area contributed by atoms with Crippen LogP contribution in [0.2, 0.25) is 0 Å². The number of carbonyl (C=O) groups excluding carboxylic acids is 3. The Balaban J connectivity index is 1.47. The summed E-state index contributed by atoms with van der Waals surface area (Å²) in [6.07, 6.45) is -3.24.